The Labute approximate surface area is 396 Å². The highest BCUT2D eigenvalue weighted by molar-refractivity contribution is 14.1. The number of aliphatic hydroxyl groups excluding tert-OH is 6. The van der Waals surface area contributed by atoms with Crippen molar-refractivity contribution in [3.8, 4) is 23.4 Å². The van der Waals surface area contributed by atoms with E-state index in [4.69, 9.17) is 26.1 Å². The Morgan fingerprint density at radius 2 is 1.08 bits per heavy atom. The number of hydrogen-bond donors (Lipinski definition) is 8. The molecule has 2 saturated heterocycles. The van der Waals surface area contributed by atoms with E-state index in [1.807, 2.05) is 19.6 Å². The number of aromatic nitrogens is 4. The molecule has 334 valence electrons. The van der Waals surface area contributed by atoms with Gasteiger partial charge in [-0.15, -0.1) is 17.5 Å². The second-order valence-electron chi connectivity index (χ2n) is 13.2. The van der Waals surface area contributed by atoms with Gasteiger partial charge < -0.3 is 40.1 Å². The van der Waals surface area contributed by atoms with E-state index in [1.165, 1.54) is 74.6 Å². The number of nitrogens with one attached hydrogen (secondary N) is 2. The summed E-state index contributed by atoms with van der Waals surface area (Å²) in [6.45, 7) is 11.5. The van der Waals surface area contributed by atoms with Crippen LogP contribution in [0.5, 0.6) is 0 Å². The number of H-pyrrole nitrogens is 2. The fourth-order valence-corrected chi connectivity index (χ4v) is 13.1. The predicted molar refractivity (Wildman–Crippen MR) is 272 cm³/mol. The number of rotatable bonds is 4. The largest absolute Gasteiger partial charge is 0.394 e. The molecule has 8 N–H and O–H groups in total. The van der Waals surface area contributed by atoms with Crippen molar-refractivity contribution in [2.75, 3.05) is 13.2 Å². The topological polar surface area (TPSA) is 250 Å². The minimum atomic E-state index is -1.72. The molecule has 0 saturated carbocycles. The van der Waals surface area contributed by atoms with Crippen molar-refractivity contribution in [2.45, 2.75) is 95.8 Å². The van der Waals surface area contributed by atoms with Gasteiger partial charge in [0, 0.05) is 119 Å². The third kappa shape index (κ3) is 22.3. The number of aliphatic hydroxyl groups is 6. The van der Waals surface area contributed by atoms with Gasteiger partial charge in [0.2, 0.25) is 0 Å². The van der Waals surface area contributed by atoms with Crippen LogP contribution in [-0.4, -0.2) is 116 Å². The fraction of sp³-hybridized carbons (Fsp3) is 0.586. The molecule has 30 heteroatoms. The van der Waals surface area contributed by atoms with E-state index in [0.29, 0.717) is 0 Å². The Morgan fingerprint density at radius 1 is 0.712 bits per heavy atom. The lowest BCUT2D eigenvalue weighted by atomic mass is 10.1. The van der Waals surface area contributed by atoms with Gasteiger partial charge in [-0.2, -0.15) is 0 Å². The molecule has 0 aliphatic carbocycles. The summed E-state index contributed by atoms with van der Waals surface area (Å²) in [4.78, 5) is 50.8. The molecule has 0 amide bonds. The number of halogens is 1. The molecular formula is C29H45IN4O12S11Si2. The highest BCUT2D eigenvalue weighted by Crippen LogP contribution is 2.29. The van der Waals surface area contributed by atoms with Crippen molar-refractivity contribution in [1.82, 2.24) is 19.1 Å². The smallest absolute Gasteiger partial charge is 0.330 e. The van der Waals surface area contributed by atoms with Gasteiger partial charge in [-0.3, -0.25) is 28.7 Å². The molecule has 16 nitrogen and oxygen atoms in total. The number of nitrogens with zero attached hydrogens (tertiary/aromatic N) is 2. The van der Waals surface area contributed by atoms with Crippen LogP contribution in [0.2, 0.25) is 39.3 Å². The molecule has 2 fully saturated rings. The first-order valence-electron chi connectivity index (χ1n) is 15.8. The lowest BCUT2D eigenvalue weighted by molar-refractivity contribution is -0.0551. The van der Waals surface area contributed by atoms with Crippen LogP contribution in [0.4, 0.5) is 0 Å². The van der Waals surface area contributed by atoms with Gasteiger partial charge >= 0.3 is 11.4 Å². The van der Waals surface area contributed by atoms with Gasteiger partial charge in [0.15, 0.2) is 12.5 Å². The Hall–Kier alpha value is -0.256. The summed E-state index contributed by atoms with van der Waals surface area (Å²) in [5.41, 5.74) is 3.13. The van der Waals surface area contributed by atoms with E-state index >= 15 is 0 Å². The van der Waals surface area contributed by atoms with Crippen LogP contribution in [0.15, 0.2) is 31.6 Å². The molecule has 4 heterocycles. The summed E-state index contributed by atoms with van der Waals surface area (Å²) in [7, 11) is 6.76. The zero-order valence-electron chi connectivity index (χ0n) is 31.2. The normalized spacial score (nSPS) is 22.6. The zero-order chi connectivity index (χ0) is 45.0. The molecule has 0 radical (unpaired) electrons. The van der Waals surface area contributed by atoms with E-state index in [-0.39, 0.29) is 16.6 Å². The molecule has 2 aliphatic heterocycles. The van der Waals surface area contributed by atoms with Crippen LogP contribution in [0.1, 0.15) is 25.4 Å². The summed E-state index contributed by atoms with van der Waals surface area (Å²) in [5.74, 6) is 2.75. The molecule has 2 aromatic heterocycles. The van der Waals surface area contributed by atoms with Gasteiger partial charge in [0.25, 0.3) is 11.1 Å². The maximum Gasteiger partial charge on any atom is 0.330 e. The Bertz CT molecular complexity index is 2320. The Balaban J connectivity index is 0. The van der Waals surface area contributed by atoms with Crippen LogP contribution < -0.4 is 22.5 Å². The molecule has 0 spiro atoms. The molecule has 0 bridgehead atoms. The van der Waals surface area contributed by atoms with Crippen LogP contribution in [0.3, 0.4) is 0 Å². The van der Waals surface area contributed by atoms with E-state index < -0.39 is 101 Å². The first-order chi connectivity index (χ1) is 27.0. The zero-order valence-corrected chi connectivity index (χ0v) is 44.3. The van der Waals surface area contributed by atoms with Gasteiger partial charge in [0.05, 0.1) is 16.8 Å². The maximum absolute atomic E-state index is 12.0. The van der Waals surface area contributed by atoms with Crippen molar-refractivity contribution in [3.63, 3.8) is 0 Å². The number of aromatic amines is 2. The molecule has 4 rings (SSSR count). The summed E-state index contributed by atoms with van der Waals surface area (Å²) in [6.07, 6.45) is -2.18. The monoisotopic (exact) mass is 1180 g/mol. The van der Waals surface area contributed by atoms with Crippen molar-refractivity contribution < 1.29 is 40.1 Å². The van der Waals surface area contributed by atoms with Gasteiger partial charge in [-0.25, -0.2) is 9.59 Å². The van der Waals surface area contributed by atoms with Crippen molar-refractivity contribution in [2.24, 2.45) is 0 Å². The van der Waals surface area contributed by atoms with Crippen LogP contribution in [-0.2, 0) is 116 Å². The number of terminal acetylenes is 1. The highest BCUT2D eigenvalue weighted by Gasteiger charge is 2.45. The molecule has 2 aromatic rings. The molecule has 59 heavy (non-hydrogen) atoms. The lowest BCUT2D eigenvalue weighted by Crippen LogP contribution is -2.38. The molecule has 0 aromatic carbocycles. The average molecular weight is 1180 g/mol. The van der Waals surface area contributed by atoms with Gasteiger partial charge in [-0.1, -0.05) is 52.6 Å². The minimum Gasteiger partial charge on any atom is -0.394 e. The highest BCUT2D eigenvalue weighted by atomic mass is 127. The van der Waals surface area contributed by atoms with Crippen molar-refractivity contribution in [1.29, 1.82) is 0 Å². The van der Waals surface area contributed by atoms with Crippen LogP contribution >= 0.6 is 22.6 Å². The molecule has 8 atom stereocenters. The van der Waals surface area contributed by atoms with Crippen molar-refractivity contribution >= 4 is 146 Å². The van der Waals surface area contributed by atoms with Crippen LogP contribution in [0.25, 0.3) is 0 Å². The van der Waals surface area contributed by atoms with E-state index in [9.17, 15) is 39.6 Å². The van der Waals surface area contributed by atoms with Crippen LogP contribution in [0, 0.1) is 27.0 Å². The summed E-state index contributed by atoms with van der Waals surface area (Å²) < 4.78 is 12.7. The summed E-state index contributed by atoms with van der Waals surface area (Å²) in [6, 6.07) is 0. The number of hydrogen-bond acceptors (Lipinski definition) is 16. The first kappa shape index (κ1) is 60.8. The standard InChI is InChI=1S/C14H20N2O6Si.C9H11IN2O6.C5H10Si.CH4.S6.S5/c1-23(2,3)5-4-8-6-16(14(21)15-12(8)20)13-11(19)10(18)9(7-17)22-13;10-3-1-12(9(17)11-7(3)16)8-6(15)5(14)4(2-13)18-8;1-5-6(2,3)4;;1-3-5-6-4-2;1-3-5-4-2/h6,9-11,13,17-19H,7H2,1-3H3,(H,15,20,21);1,4-6,8,13-15H,2H2,(H,11,16,17);1H,2-4H3;1H4;;/t9-,10+,11+,13-;4-,5+,6+,8-;;;;/m11..../s1/i4+1,5+1;;1+1,5+1;;;. The third-order valence-corrected chi connectivity index (χ3v) is 20.2. The van der Waals surface area contributed by atoms with Crippen molar-refractivity contribution in [3.05, 3.63) is 63.2 Å². The van der Waals surface area contributed by atoms with E-state index in [0.717, 1.165) is 9.13 Å². The van der Waals surface area contributed by atoms with E-state index in [2.05, 4.69) is 91.4 Å². The SMILES string of the molecule is C.C[Si](C)(C)[13C]#[13CH].C[Si](C)(C)[13C]#[13C]c1cn([C@@H]2O[C@H](CO)[C@H](O)[C@@H]2O)c(=O)[nH]c1=O.O=c1[nH]c(=O)n([C@@H]2O[C@H](CO)[C@H](O)[C@@H]2O)cc1I.S=S=S=S=S.S=S=S=S=S=S. The Morgan fingerprint density at radius 3 is 1.39 bits per heavy atom. The third-order valence-electron chi connectivity index (χ3n) is 6.62. The molecule has 2 aliphatic rings. The lowest BCUT2D eigenvalue weighted by Gasteiger charge is -2.17. The number of ether oxygens (including phenoxy) is 2. The second kappa shape index (κ2) is 30.8. The second-order valence-corrected chi connectivity index (χ2v) is 36.3. The van der Waals surface area contributed by atoms with E-state index in [1.54, 1.807) is 22.6 Å². The molecule has 0 unspecified atom stereocenters. The van der Waals surface area contributed by atoms with Gasteiger partial charge in [0.1, 0.15) is 58.3 Å². The summed E-state index contributed by atoms with van der Waals surface area (Å²) >= 11 is 19.6. The fourth-order valence-electron chi connectivity index (χ4n) is 3.92. The Kier molecular flexibility index (Phi) is 31.7. The quantitative estimate of drug-likeness (QED) is 0.0731. The average Bonchev–Trinajstić information content (AvgIpc) is 3.61. The molecular weight excluding hydrogens is 1140 g/mol. The predicted octanol–water partition coefficient (Wildman–Crippen LogP) is -1.76. The first-order valence-corrected chi connectivity index (χ1v) is 35.9. The maximum atomic E-state index is 12.0. The minimum absolute atomic E-state index is 0. The summed E-state index contributed by atoms with van der Waals surface area (Å²) in [5, 5.41) is 57.1. The van der Waals surface area contributed by atoms with Gasteiger partial charge in [-0.05, 0) is 22.6 Å².